The molecule has 0 aliphatic heterocycles. The molecule has 3 nitrogen and oxygen atoms in total. The predicted octanol–water partition coefficient (Wildman–Crippen LogP) is 2.03. The van der Waals surface area contributed by atoms with Crippen molar-refractivity contribution in [1.29, 1.82) is 0 Å². The van der Waals surface area contributed by atoms with Gasteiger partial charge in [0.2, 0.25) is 0 Å². The van der Waals surface area contributed by atoms with Crippen molar-refractivity contribution in [1.82, 2.24) is 14.8 Å². The highest BCUT2D eigenvalue weighted by molar-refractivity contribution is 4.75. The van der Waals surface area contributed by atoms with E-state index in [1.54, 1.807) is 6.33 Å². The van der Waals surface area contributed by atoms with Gasteiger partial charge < -0.3 is 0 Å². The van der Waals surface area contributed by atoms with Gasteiger partial charge in [0, 0.05) is 0 Å². The van der Waals surface area contributed by atoms with Gasteiger partial charge in [0.25, 0.3) is 0 Å². The van der Waals surface area contributed by atoms with Crippen molar-refractivity contribution in [3.63, 3.8) is 0 Å². The van der Waals surface area contributed by atoms with E-state index in [0.29, 0.717) is 6.04 Å². The van der Waals surface area contributed by atoms with Gasteiger partial charge in [-0.15, -0.1) is 0 Å². The largest absolute Gasteiger partial charge is 0.250 e. The van der Waals surface area contributed by atoms with Crippen molar-refractivity contribution >= 4 is 0 Å². The van der Waals surface area contributed by atoms with E-state index in [9.17, 15) is 0 Å². The van der Waals surface area contributed by atoms with Crippen LogP contribution in [0.3, 0.4) is 0 Å². The SMILES string of the molecule is CC1CCCC(n2cncn2)C1. The van der Waals surface area contributed by atoms with Gasteiger partial charge in [0.05, 0.1) is 6.04 Å². The van der Waals surface area contributed by atoms with Gasteiger partial charge in [0.1, 0.15) is 12.7 Å². The maximum Gasteiger partial charge on any atom is 0.137 e. The monoisotopic (exact) mass is 165 g/mol. The topological polar surface area (TPSA) is 30.7 Å². The Morgan fingerprint density at radius 3 is 3.00 bits per heavy atom. The smallest absolute Gasteiger partial charge is 0.137 e. The van der Waals surface area contributed by atoms with E-state index in [4.69, 9.17) is 0 Å². The van der Waals surface area contributed by atoms with E-state index >= 15 is 0 Å². The van der Waals surface area contributed by atoms with Crippen LogP contribution in [0.5, 0.6) is 0 Å². The summed E-state index contributed by atoms with van der Waals surface area (Å²) in [4.78, 5) is 3.97. The van der Waals surface area contributed by atoms with E-state index in [0.717, 1.165) is 5.92 Å². The van der Waals surface area contributed by atoms with E-state index in [-0.39, 0.29) is 0 Å². The molecule has 1 saturated carbocycles. The molecule has 66 valence electrons. The molecule has 0 amide bonds. The molecule has 2 unspecified atom stereocenters. The minimum Gasteiger partial charge on any atom is -0.250 e. The summed E-state index contributed by atoms with van der Waals surface area (Å²) in [6.07, 6.45) is 8.72. The van der Waals surface area contributed by atoms with Gasteiger partial charge in [-0.2, -0.15) is 5.10 Å². The Bertz CT molecular complexity index is 230. The van der Waals surface area contributed by atoms with E-state index in [1.165, 1.54) is 25.7 Å². The lowest BCUT2D eigenvalue weighted by Crippen LogP contribution is -2.17. The van der Waals surface area contributed by atoms with Crippen molar-refractivity contribution in [3.05, 3.63) is 12.7 Å². The molecule has 1 fully saturated rings. The molecule has 0 spiro atoms. The van der Waals surface area contributed by atoms with Gasteiger partial charge in [-0.1, -0.05) is 19.8 Å². The summed E-state index contributed by atoms with van der Waals surface area (Å²) in [7, 11) is 0. The van der Waals surface area contributed by atoms with E-state index in [1.807, 2.05) is 11.0 Å². The zero-order valence-electron chi connectivity index (χ0n) is 7.48. The number of hydrogen-bond donors (Lipinski definition) is 0. The van der Waals surface area contributed by atoms with Crippen LogP contribution in [-0.4, -0.2) is 14.8 Å². The Balaban J connectivity index is 2.04. The van der Waals surface area contributed by atoms with Gasteiger partial charge in [-0.25, -0.2) is 9.67 Å². The molecule has 1 aliphatic carbocycles. The Morgan fingerprint density at radius 1 is 1.42 bits per heavy atom. The second-order valence-corrected chi connectivity index (χ2v) is 3.80. The highest BCUT2D eigenvalue weighted by Gasteiger charge is 2.20. The lowest BCUT2D eigenvalue weighted by molar-refractivity contribution is 0.266. The fourth-order valence-electron chi connectivity index (χ4n) is 2.05. The average Bonchev–Trinajstić information content (AvgIpc) is 2.56. The Morgan fingerprint density at radius 2 is 2.33 bits per heavy atom. The molecule has 1 heterocycles. The Kier molecular flexibility index (Phi) is 2.11. The number of nitrogens with zero attached hydrogens (tertiary/aromatic N) is 3. The second kappa shape index (κ2) is 3.25. The molecule has 2 rings (SSSR count). The molecule has 0 saturated heterocycles. The van der Waals surface area contributed by atoms with Gasteiger partial charge in [-0.05, 0) is 18.8 Å². The first-order valence-electron chi connectivity index (χ1n) is 4.70. The molecular weight excluding hydrogens is 150 g/mol. The molecule has 12 heavy (non-hydrogen) atoms. The van der Waals surface area contributed by atoms with Crippen LogP contribution in [0.15, 0.2) is 12.7 Å². The van der Waals surface area contributed by atoms with Crippen LogP contribution in [-0.2, 0) is 0 Å². The average molecular weight is 165 g/mol. The lowest BCUT2D eigenvalue weighted by atomic mass is 9.87. The van der Waals surface area contributed by atoms with Crippen LogP contribution in [0.4, 0.5) is 0 Å². The van der Waals surface area contributed by atoms with Crippen molar-refractivity contribution in [3.8, 4) is 0 Å². The normalized spacial score (nSPS) is 30.4. The van der Waals surface area contributed by atoms with Crippen molar-refractivity contribution in [2.24, 2.45) is 5.92 Å². The maximum absolute atomic E-state index is 4.18. The molecule has 2 atom stereocenters. The van der Waals surface area contributed by atoms with Crippen LogP contribution in [0.1, 0.15) is 38.6 Å². The van der Waals surface area contributed by atoms with Gasteiger partial charge in [-0.3, -0.25) is 0 Å². The first kappa shape index (κ1) is 7.77. The van der Waals surface area contributed by atoms with Crippen LogP contribution >= 0.6 is 0 Å². The third-order valence-electron chi connectivity index (χ3n) is 2.72. The zero-order valence-corrected chi connectivity index (χ0v) is 7.48. The number of rotatable bonds is 1. The quantitative estimate of drug-likeness (QED) is 0.637. The van der Waals surface area contributed by atoms with Crippen LogP contribution in [0.2, 0.25) is 0 Å². The molecule has 0 radical (unpaired) electrons. The lowest BCUT2D eigenvalue weighted by Gasteiger charge is -2.26. The standard InChI is InChI=1S/C9H15N3/c1-8-3-2-4-9(5-8)12-7-10-6-11-12/h6-9H,2-5H2,1H3. The maximum atomic E-state index is 4.18. The summed E-state index contributed by atoms with van der Waals surface area (Å²) in [5, 5.41) is 4.18. The fraction of sp³-hybridized carbons (Fsp3) is 0.778. The number of aromatic nitrogens is 3. The summed E-state index contributed by atoms with van der Waals surface area (Å²) in [5.41, 5.74) is 0. The molecular formula is C9H15N3. The van der Waals surface area contributed by atoms with E-state index in [2.05, 4.69) is 17.0 Å². The molecule has 1 aromatic rings. The van der Waals surface area contributed by atoms with Crippen molar-refractivity contribution < 1.29 is 0 Å². The minimum absolute atomic E-state index is 0.608. The predicted molar refractivity (Wildman–Crippen MR) is 46.7 cm³/mol. The molecule has 1 aromatic heterocycles. The highest BCUT2D eigenvalue weighted by Crippen LogP contribution is 2.31. The second-order valence-electron chi connectivity index (χ2n) is 3.80. The first-order chi connectivity index (χ1) is 5.86. The summed E-state index contributed by atoms with van der Waals surface area (Å²) in [6, 6.07) is 0.608. The zero-order chi connectivity index (χ0) is 8.39. The number of hydrogen-bond acceptors (Lipinski definition) is 2. The molecule has 0 aromatic carbocycles. The van der Waals surface area contributed by atoms with Crippen LogP contribution < -0.4 is 0 Å². The molecule has 3 heteroatoms. The fourth-order valence-corrected chi connectivity index (χ4v) is 2.05. The van der Waals surface area contributed by atoms with Gasteiger partial charge in [0.15, 0.2) is 0 Å². The third kappa shape index (κ3) is 1.49. The van der Waals surface area contributed by atoms with Crippen molar-refractivity contribution in [2.45, 2.75) is 38.6 Å². The molecule has 0 N–H and O–H groups in total. The van der Waals surface area contributed by atoms with Gasteiger partial charge >= 0.3 is 0 Å². The molecule has 1 aliphatic rings. The summed E-state index contributed by atoms with van der Waals surface area (Å²) in [5.74, 6) is 0.855. The summed E-state index contributed by atoms with van der Waals surface area (Å²) < 4.78 is 2.01. The van der Waals surface area contributed by atoms with Crippen LogP contribution in [0.25, 0.3) is 0 Å². The Hall–Kier alpha value is -0.860. The minimum atomic E-state index is 0.608. The Labute approximate surface area is 72.8 Å². The highest BCUT2D eigenvalue weighted by atomic mass is 15.3. The third-order valence-corrected chi connectivity index (χ3v) is 2.72. The summed E-state index contributed by atoms with van der Waals surface area (Å²) in [6.45, 7) is 2.32. The molecule has 0 bridgehead atoms. The first-order valence-corrected chi connectivity index (χ1v) is 4.70. The summed E-state index contributed by atoms with van der Waals surface area (Å²) >= 11 is 0. The van der Waals surface area contributed by atoms with E-state index < -0.39 is 0 Å². The van der Waals surface area contributed by atoms with Crippen LogP contribution in [0, 0.1) is 5.92 Å². The van der Waals surface area contributed by atoms with Crippen molar-refractivity contribution in [2.75, 3.05) is 0 Å².